The smallest absolute Gasteiger partial charge is 0.234 e. The van der Waals surface area contributed by atoms with Gasteiger partial charge in [0.25, 0.3) is 0 Å². The predicted molar refractivity (Wildman–Crippen MR) is 60.3 cm³/mol. The molecule has 2 N–H and O–H groups in total. The summed E-state index contributed by atoms with van der Waals surface area (Å²) in [5.74, 6) is 6.73. The molecule has 0 aliphatic rings. The fraction of sp³-hybridized carbons (Fsp3) is 0.182. The van der Waals surface area contributed by atoms with Gasteiger partial charge in [-0.3, -0.25) is 4.40 Å². The molecule has 0 atom stereocenters. The summed E-state index contributed by atoms with van der Waals surface area (Å²) in [5.41, 5.74) is 4.27. The van der Waals surface area contributed by atoms with E-state index in [0.717, 1.165) is 28.2 Å². The Morgan fingerprint density at radius 2 is 1.87 bits per heavy atom. The fourth-order valence-electron chi connectivity index (χ4n) is 1.99. The van der Waals surface area contributed by atoms with Gasteiger partial charge in [0.1, 0.15) is 0 Å². The maximum Gasteiger partial charge on any atom is 0.234 e. The summed E-state index contributed by atoms with van der Waals surface area (Å²) >= 11 is 0. The van der Waals surface area contributed by atoms with Gasteiger partial charge in [0.05, 0.1) is 16.7 Å². The average Bonchev–Trinajstić information content (AvgIpc) is 2.72. The lowest BCUT2D eigenvalue weighted by Gasteiger charge is -1.95. The maximum atomic E-state index is 5.94. The van der Waals surface area contributed by atoms with E-state index in [0.29, 0.717) is 0 Å². The number of nitrogens with zero attached hydrogens (tertiary/aromatic N) is 3. The lowest BCUT2D eigenvalue weighted by molar-refractivity contribution is 0.972. The predicted octanol–water partition coefficient (Wildman–Crippen LogP) is 1.62. The van der Waals surface area contributed by atoms with E-state index in [1.165, 1.54) is 0 Å². The molecule has 0 amide bonds. The summed E-state index contributed by atoms with van der Waals surface area (Å²) in [4.78, 5) is 4.50. The van der Waals surface area contributed by atoms with Crippen LogP contribution >= 0.6 is 0 Å². The topological polar surface area (TPSA) is 48.2 Å². The van der Waals surface area contributed by atoms with Gasteiger partial charge < -0.3 is 5.84 Å². The Labute approximate surface area is 86.9 Å². The van der Waals surface area contributed by atoms with E-state index in [4.69, 9.17) is 5.84 Å². The average molecular weight is 200 g/mol. The van der Waals surface area contributed by atoms with Gasteiger partial charge in [-0.2, -0.15) is 0 Å². The summed E-state index contributed by atoms with van der Waals surface area (Å²) in [6.07, 6.45) is 0. The summed E-state index contributed by atoms with van der Waals surface area (Å²) in [5, 5.41) is 0. The molecule has 2 aromatic heterocycles. The van der Waals surface area contributed by atoms with Gasteiger partial charge in [0.15, 0.2) is 0 Å². The van der Waals surface area contributed by atoms with Crippen molar-refractivity contribution in [3.8, 4) is 0 Å². The number of benzene rings is 1. The molecule has 4 heteroatoms. The molecule has 2 heterocycles. The molecule has 0 unspecified atom stereocenters. The molecule has 0 bridgehead atoms. The number of imidazole rings is 2. The van der Waals surface area contributed by atoms with E-state index in [1.54, 1.807) is 4.68 Å². The van der Waals surface area contributed by atoms with Gasteiger partial charge >= 0.3 is 0 Å². The van der Waals surface area contributed by atoms with E-state index in [9.17, 15) is 0 Å². The Hall–Kier alpha value is -1.97. The number of rotatable bonds is 0. The Balaban J connectivity index is 2.65. The molecular formula is C11H12N4. The van der Waals surface area contributed by atoms with Gasteiger partial charge in [-0.15, -0.1) is 0 Å². The van der Waals surface area contributed by atoms with Crippen LogP contribution in [0, 0.1) is 13.8 Å². The van der Waals surface area contributed by atoms with Gasteiger partial charge in [0, 0.05) is 5.69 Å². The van der Waals surface area contributed by atoms with Gasteiger partial charge in [-0.05, 0) is 26.0 Å². The minimum absolute atomic E-state index is 0.797. The normalized spacial score (nSPS) is 11.6. The molecule has 15 heavy (non-hydrogen) atoms. The first kappa shape index (κ1) is 8.35. The minimum Gasteiger partial charge on any atom is -0.336 e. The lowest BCUT2D eigenvalue weighted by Crippen LogP contribution is -2.10. The van der Waals surface area contributed by atoms with Crippen LogP contribution in [0.15, 0.2) is 24.3 Å². The van der Waals surface area contributed by atoms with Crippen molar-refractivity contribution in [3.63, 3.8) is 0 Å². The number of aromatic nitrogens is 3. The molecule has 0 radical (unpaired) electrons. The van der Waals surface area contributed by atoms with Crippen LogP contribution in [0.3, 0.4) is 0 Å². The van der Waals surface area contributed by atoms with Crippen LogP contribution in [-0.2, 0) is 0 Å². The Morgan fingerprint density at radius 3 is 2.67 bits per heavy atom. The summed E-state index contributed by atoms with van der Waals surface area (Å²) in [6.45, 7) is 4.05. The molecule has 0 fully saturated rings. The number of aryl methyl sites for hydroxylation is 1. The van der Waals surface area contributed by atoms with Crippen LogP contribution in [0.2, 0.25) is 0 Å². The highest BCUT2D eigenvalue weighted by molar-refractivity contribution is 5.80. The number of para-hydroxylation sites is 2. The third kappa shape index (κ3) is 0.883. The van der Waals surface area contributed by atoms with Crippen molar-refractivity contribution >= 4 is 16.8 Å². The van der Waals surface area contributed by atoms with E-state index in [2.05, 4.69) is 22.4 Å². The number of fused-ring (bicyclic) bond motifs is 3. The molecule has 0 aliphatic heterocycles. The molecule has 3 aromatic rings. The molecule has 0 aliphatic carbocycles. The molecule has 76 valence electrons. The van der Waals surface area contributed by atoms with Crippen molar-refractivity contribution in [2.45, 2.75) is 13.8 Å². The van der Waals surface area contributed by atoms with Crippen molar-refractivity contribution in [1.82, 2.24) is 14.1 Å². The monoisotopic (exact) mass is 200 g/mol. The van der Waals surface area contributed by atoms with Crippen LogP contribution in [0.25, 0.3) is 16.8 Å². The first-order valence-corrected chi connectivity index (χ1v) is 4.90. The Morgan fingerprint density at radius 1 is 1.13 bits per heavy atom. The van der Waals surface area contributed by atoms with Gasteiger partial charge in [-0.1, -0.05) is 12.1 Å². The Kier molecular flexibility index (Phi) is 1.41. The number of nitrogens with two attached hydrogens (primary N) is 1. The van der Waals surface area contributed by atoms with Crippen LogP contribution in [0.5, 0.6) is 0 Å². The number of nitrogen functional groups attached to an aromatic ring is 1. The quantitative estimate of drug-likeness (QED) is 0.560. The molecule has 4 nitrogen and oxygen atoms in total. The van der Waals surface area contributed by atoms with Gasteiger partial charge in [-0.25, -0.2) is 9.66 Å². The van der Waals surface area contributed by atoms with E-state index in [-0.39, 0.29) is 0 Å². The zero-order chi connectivity index (χ0) is 10.6. The van der Waals surface area contributed by atoms with Gasteiger partial charge in [0.2, 0.25) is 5.78 Å². The highest BCUT2D eigenvalue weighted by atomic mass is 15.4. The third-order valence-corrected chi connectivity index (χ3v) is 2.98. The van der Waals surface area contributed by atoms with E-state index >= 15 is 0 Å². The first-order valence-electron chi connectivity index (χ1n) is 4.90. The number of hydrogen-bond acceptors (Lipinski definition) is 2. The first-order chi connectivity index (χ1) is 7.20. The number of hydrogen-bond donors (Lipinski definition) is 1. The largest absolute Gasteiger partial charge is 0.336 e. The molecule has 1 aromatic carbocycles. The molecule has 0 spiro atoms. The van der Waals surface area contributed by atoms with Crippen molar-refractivity contribution in [3.05, 3.63) is 35.7 Å². The van der Waals surface area contributed by atoms with Crippen LogP contribution in [0.4, 0.5) is 0 Å². The second kappa shape index (κ2) is 2.53. The molecule has 0 saturated carbocycles. The third-order valence-electron chi connectivity index (χ3n) is 2.98. The second-order valence-corrected chi connectivity index (χ2v) is 3.78. The minimum atomic E-state index is 0.797. The zero-order valence-corrected chi connectivity index (χ0v) is 8.73. The summed E-state index contributed by atoms with van der Waals surface area (Å²) < 4.78 is 3.72. The van der Waals surface area contributed by atoms with Crippen molar-refractivity contribution in [2.24, 2.45) is 0 Å². The van der Waals surface area contributed by atoms with E-state index in [1.807, 2.05) is 25.1 Å². The molecular weight excluding hydrogens is 188 g/mol. The lowest BCUT2D eigenvalue weighted by atomic mass is 10.3. The second-order valence-electron chi connectivity index (χ2n) is 3.78. The van der Waals surface area contributed by atoms with E-state index < -0.39 is 0 Å². The van der Waals surface area contributed by atoms with Crippen LogP contribution in [0.1, 0.15) is 11.4 Å². The fourth-order valence-corrected chi connectivity index (χ4v) is 1.99. The summed E-state index contributed by atoms with van der Waals surface area (Å²) in [6, 6.07) is 8.05. The van der Waals surface area contributed by atoms with Crippen molar-refractivity contribution in [1.29, 1.82) is 0 Å². The Bertz CT molecular complexity index is 660. The summed E-state index contributed by atoms with van der Waals surface area (Å²) in [7, 11) is 0. The highest BCUT2D eigenvalue weighted by Gasteiger charge is 2.13. The van der Waals surface area contributed by atoms with Crippen LogP contribution in [-0.4, -0.2) is 14.1 Å². The standard InChI is InChI=1S/C11H12N4/c1-7-8(2)15(12)11-13-9-5-3-4-6-10(9)14(7)11/h3-6H,12H2,1-2H3. The molecule has 3 rings (SSSR count). The van der Waals surface area contributed by atoms with Crippen molar-refractivity contribution < 1.29 is 0 Å². The van der Waals surface area contributed by atoms with Crippen molar-refractivity contribution in [2.75, 3.05) is 5.84 Å². The highest BCUT2D eigenvalue weighted by Crippen LogP contribution is 2.20. The van der Waals surface area contributed by atoms with Crippen LogP contribution < -0.4 is 5.84 Å². The zero-order valence-electron chi connectivity index (χ0n) is 8.73. The maximum absolute atomic E-state index is 5.94. The SMILES string of the molecule is Cc1c(C)n2c3ccccc3nc2n1N. The molecule has 0 saturated heterocycles.